The first kappa shape index (κ1) is 25.0. The molecule has 0 aliphatic carbocycles. The van der Waals surface area contributed by atoms with Crippen molar-refractivity contribution in [2.75, 3.05) is 24.0 Å². The standard InChI is InChI=1S/2C5H11NO2S.Sr/c2*1-9-3-2-4(6)5(7)8;/h2*4H,2-3,6H2,1H3,(H,7,8);/q;;+2/p-2/t2*4-;/m00./s1. The average Bonchev–Trinajstić information content (AvgIpc) is 2.33. The number of carbonyl (C=O) groups is 2. The van der Waals surface area contributed by atoms with Gasteiger partial charge in [0.2, 0.25) is 0 Å². The number of aliphatic carboxylic acids is 2. The van der Waals surface area contributed by atoms with Crippen LogP contribution in [0.3, 0.4) is 0 Å². The summed E-state index contributed by atoms with van der Waals surface area (Å²) in [7, 11) is 0. The average molecular weight is 384 g/mol. The van der Waals surface area contributed by atoms with E-state index in [9.17, 15) is 19.8 Å². The van der Waals surface area contributed by atoms with E-state index >= 15 is 0 Å². The third kappa shape index (κ3) is 19.0. The van der Waals surface area contributed by atoms with Crippen molar-refractivity contribution < 1.29 is 19.8 Å². The second-order valence-corrected chi connectivity index (χ2v) is 5.39. The monoisotopic (exact) mass is 384 g/mol. The molecule has 108 valence electrons. The van der Waals surface area contributed by atoms with Gasteiger partial charge in [0.25, 0.3) is 0 Å². The van der Waals surface area contributed by atoms with Gasteiger partial charge in [-0.2, -0.15) is 23.5 Å². The summed E-state index contributed by atoms with van der Waals surface area (Å²) < 4.78 is 0. The summed E-state index contributed by atoms with van der Waals surface area (Å²) >= 11 is 3.15. The van der Waals surface area contributed by atoms with Gasteiger partial charge in [0.1, 0.15) is 0 Å². The third-order valence-corrected chi connectivity index (χ3v) is 3.16. The van der Waals surface area contributed by atoms with Crippen LogP contribution in [0.4, 0.5) is 0 Å². The Balaban J connectivity index is -0.000000256. The van der Waals surface area contributed by atoms with Crippen LogP contribution in [0.25, 0.3) is 0 Å². The molecule has 0 radical (unpaired) electrons. The molecule has 0 fully saturated rings. The largest absolute Gasteiger partial charge is 2.00 e. The molecule has 0 saturated carbocycles. The molecule has 0 aliphatic heterocycles. The van der Waals surface area contributed by atoms with Crippen molar-refractivity contribution in [2.24, 2.45) is 11.5 Å². The molecule has 4 N–H and O–H groups in total. The van der Waals surface area contributed by atoms with E-state index in [4.69, 9.17) is 11.5 Å². The summed E-state index contributed by atoms with van der Waals surface area (Å²) in [5.74, 6) is -0.780. The fourth-order valence-electron chi connectivity index (χ4n) is 0.725. The quantitative estimate of drug-likeness (QED) is 0.431. The summed E-state index contributed by atoms with van der Waals surface area (Å²) in [5, 5.41) is 19.9. The van der Waals surface area contributed by atoms with Crippen LogP contribution in [0.5, 0.6) is 0 Å². The summed E-state index contributed by atoms with van der Waals surface area (Å²) in [5.41, 5.74) is 10.3. The SMILES string of the molecule is CSCC[C@H](N)C(=O)[O-].CSCC[C@H](N)C(=O)[O-].[Sr+2]. The molecule has 0 rings (SSSR count). The van der Waals surface area contributed by atoms with Gasteiger partial charge in [-0.3, -0.25) is 0 Å². The Morgan fingerprint density at radius 2 is 1.21 bits per heavy atom. The maximum atomic E-state index is 9.96. The van der Waals surface area contributed by atoms with Crippen LogP contribution in [-0.2, 0) is 9.59 Å². The number of carboxylic acid groups (broad SMARTS) is 2. The van der Waals surface area contributed by atoms with Crippen molar-refractivity contribution in [3.05, 3.63) is 0 Å². The fraction of sp³-hybridized carbons (Fsp3) is 0.800. The van der Waals surface area contributed by atoms with E-state index in [1.807, 2.05) is 12.5 Å². The van der Waals surface area contributed by atoms with Crippen LogP contribution in [0, 0.1) is 0 Å². The maximum absolute atomic E-state index is 9.96. The minimum absolute atomic E-state index is 0. The van der Waals surface area contributed by atoms with E-state index < -0.39 is 24.0 Å². The predicted molar refractivity (Wildman–Crippen MR) is 77.7 cm³/mol. The van der Waals surface area contributed by atoms with Crippen molar-refractivity contribution in [2.45, 2.75) is 24.9 Å². The molecule has 0 aromatic rings. The number of rotatable bonds is 8. The van der Waals surface area contributed by atoms with E-state index in [0.29, 0.717) is 12.8 Å². The van der Waals surface area contributed by atoms with Gasteiger partial charge in [0, 0.05) is 12.1 Å². The second-order valence-electron chi connectivity index (χ2n) is 3.41. The zero-order chi connectivity index (χ0) is 14.6. The molecule has 0 aromatic carbocycles. The fourth-order valence-corrected chi connectivity index (χ4v) is 1.70. The number of carbonyl (C=O) groups excluding carboxylic acids is 2. The molecule has 0 spiro atoms. The van der Waals surface area contributed by atoms with Crippen LogP contribution < -0.4 is 21.7 Å². The number of thioether (sulfide) groups is 2. The van der Waals surface area contributed by atoms with Crippen LogP contribution >= 0.6 is 23.5 Å². The second kappa shape index (κ2) is 17.1. The van der Waals surface area contributed by atoms with Gasteiger partial charge >= 0.3 is 45.5 Å². The van der Waals surface area contributed by atoms with Crippen molar-refractivity contribution >= 4 is 80.9 Å². The Morgan fingerprint density at radius 1 is 0.947 bits per heavy atom. The van der Waals surface area contributed by atoms with Gasteiger partial charge in [0.05, 0.1) is 11.9 Å². The third-order valence-electron chi connectivity index (χ3n) is 1.87. The molecule has 2 atom stereocenters. The van der Waals surface area contributed by atoms with Gasteiger partial charge < -0.3 is 31.3 Å². The maximum Gasteiger partial charge on any atom is 2.00 e. The topological polar surface area (TPSA) is 132 Å². The Kier molecular flexibility index (Phi) is 22.5. The Morgan fingerprint density at radius 3 is 1.37 bits per heavy atom. The molecule has 9 heteroatoms. The van der Waals surface area contributed by atoms with Crippen molar-refractivity contribution in [1.29, 1.82) is 0 Å². The van der Waals surface area contributed by atoms with Crippen molar-refractivity contribution in [1.82, 2.24) is 0 Å². The molecule has 0 amide bonds. The molecule has 0 aliphatic rings. The van der Waals surface area contributed by atoms with Gasteiger partial charge in [0.15, 0.2) is 0 Å². The zero-order valence-corrected chi connectivity index (χ0v) is 16.4. The Hall–Kier alpha value is 1.04. The van der Waals surface area contributed by atoms with E-state index in [2.05, 4.69) is 0 Å². The Labute approximate surface area is 159 Å². The van der Waals surface area contributed by atoms with Crippen LogP contribution in [0.2, 0.25) is 0 Å². The summed E-state index contributed by atoms with van der Waals surface area (Å²) in [6.45, 7) is 0. The van der Waals surface area contributed by atoms with Crippen LogP contribution in [-0.4, -0.2) is 93.5 Å². The van der Waals surface area contributed by atoms with E-state index in [1.165, 1.54) is 0 Å². The number of nitrogens with two attached hydrogens (primary N) is 2. The van der Waals surface area contributed by atoms with Crippen molar-refractivity contribution in [3.8, 4) is 0 Å². The Bertz CT molecular complexity index is 224. The van der Waals surface area contributed by atoms with E-state index in [0.717, 1.165) is 11.5 Å². The molecular formula is C10H20N2O4S2Sr. The molecule has 6 nitrogen and oxygen atoms in total. The minimum Gasteiger partial charge on any atom is -0.548 e. The number of hydrogen-bond acceptors (Lipinski definition) is 8. The minimum atomic E-state index is -1.16. The molecule has 0 unspecified atom stereocenters. The van der Waals surface area contributed by atoms with Gasteiger partial charge in [-0.1, -0.05) is 0 Å². The van der Waals surface area contributed by atoms with E-state index in [-0.39, 0.29) is 45.5 Å². The number of carboxylic acids is 2. The van der Waals surface area contributed by atoms with Gasteiger partial charge in [-0.25, -0.2) is 0 Å². The smallest absolute Gasteiger partial charge is 0.548 e. The molecule has 19 heavy (non-hydrogen) atoms. The van der Waals surface area contributed by atoms with E-state index in [1.54, 1.807) is 23.5 Å². The molecule has 0 heterocycles. The number of hydrogen-bond donors (Lipinski definition) is 2. The first-order chi connectivity index (χ1) is 8.36. The van der Waals surface area contributed by atoms with Crippen LogP contribution in [0.15, 0.2) is 0 Å². The summed E-state index contributed by atoms with van der Waals surface area (Å²) in [6, 6.07) is -1.59. The summed E-state index contributed by atoms with van der Waals surface area (Å²) in [4.78, 5) is 19.9. The van der Waals surface area contributed by atoms with Gasteiger partial charge in [-0.05, 0) is 36.9 Å². The molecule has 0 saturated heterocycles. The molecule has 0 aromatic heterocycles. The van der Waals surface area contributed by atoms with Crippen molar-refractivity contribution in [3.63, 3.8) is 0 Å². The predicted octanol–water partition coefficient (Wildman–Crippen LogP) is -2.75. The van der Waals surface area contributed by atoms with Gasteiger partial charge in [-0.15, -0.1) is 0 Å². The van der Waals surface area contributed by atoms with Crippen LogP contribution in [0.1, 0.15) is 12.8 Å². The first-order valence-electron chi connectivity index (χ1n) is 5.27. The normalized spacial score (nSPS) is 12.4. The molecular weight excluding hydrogens is 364 g/mol. The molecule has 0 bridgehead atoms. The zero-order valence-electron chi connectivity index (χ0n) is 11.3. The summed E-state index contributed by atoms with van der Waals surface area (Å²) in [6.07, 6.45) is 4.79. The first-order valence-corrected chi connectivity index (χ1v) is 8.06.